The van der Waals surface area contributed by atoms with E-state index in [1.54, 1.807) is 9.80 Å². The van der Waals surface area contributed by atoms with Crippen LogP contribution in [0.1, 0.15) is 32.8 Å². The summed E-state index contributed by atoms with van der Waals surface area (Å²) in [5, 5.41) is 0. The predicted molar refractivity (Wildman–Crippen MR) is 90.9 cm³/mol. The molecule has 0 spiro atoms. The molecule has 0 bridgehead atoms. The number of nitrogens with zero attached hydrogens (tertiary/aromatic N) is 3. The average molecular weight is 371 g/mol. The zero-order valence-electron chi connectivity index (χ0n) is 15.2. The number of carbonyl (C=O) groups is 1. The molecule has 1 amide bonds. The van der Waals surface area contributed by atoms with Gasteiger partial charge in [-0.1, -0.05) is 0 Å². The second-order valence-electron chi connectivity index (χ2n) is 8.03. The molecule has 0 saturated carbocycles. The van der Waals surface area contributed by atoms with Crippen LogP contribution in [0.3, 0.4) is 0 Å². The largest absolute Gasteiger partial charge is 0.444 e. The highest BCUT2D eigenvalue weighted by atomic mass is 19.4. The zero-order valence-corrected chi connectivity index (χ0v) is 15.2. The van der Waals surface area contributed by atoms with Crippen molar-refractivity contribution < 1.29 is 22.7 Å². The summed E-state index contributed by atoms with van der Waals surface area (Å²) in [6.45, 7) is 7.61. The lowest BCUT2D eigenvalue weighted by atomic mass is 9.89. The first-order valence-electron chi connectivity index (χ1n) is 8.78. The number of anilines is 1. The van der Waals surface area contributed by atoms with Crippen molar-refractivity contribution in [3.05, 3.63) is 24.0 Å². The number of piperidine rings is 1. The van der Waals surface area contributed by atoms with Crippen molar-refractivity contribution >= 4 is 11.8 Å². The van der Waals surface area contributed by atoms with Gasteiger partial charge in [-0.15, -0.1) is 0 Å². The molecule has 5 nitrogen and oxygen atoms in total. The molecular weight excluding hydrogens is 347 g/mol. The molecule has 144 valence electrons. The van der Waals surface area contributed by atoms with Gasteiger partial charge in [0.1, 0.15) is 5.60 Å². The van der Waals surface area contributed by atoms with Crippen LogP contribution in [-0.4, -0.2) is 47.8 Å². The quantitative estimate of drug-likeness (QED) is 0.753. The summed E-state index contributed by atoms with van der Waals surface area (Å²) in [4.78, 5) is 19.3. The van der Waals surface area contributed by atoms with Gasteiger partial charge in [-0.3, -0.25) is 4.98 Å². The smallest absolute Gasteiger partial charge is 0.419 e. The van der Waals surface area contributed by atoms with E-state index in [9.17, 15) is 18.0 Å². The van der Waals surface area contributed by atoms with Crippen LogP contribution in [0.15, 0.2) is 18.5 Å². The van der Waals surface area contributed by atoms with Crippen molar-refractivity contribution in [2.75, 3.05) is 31.1 Å². The lowest BCUT2D eigenvalue weighted by Gasteiger charge is -2.35. The molecule has 1 aromatic heterocycles. The van der Waals surface area contributed by atoms with Crippen molar-refractivity contribution in [2.45, 2.75) is 39.0 Å². The van der Waals surface area contributed by atoms with Crippen molar-refractivity contribution in [1.29, 1.82) is 0 Å². The Morgan fingerprint density at radius 1 is 1.19 bits per heavy atom. The molecule has 0 N–H and O–H groups in total. The van der Waals surface area contributed by atoms with Crippen LogP contribution < -0.4 is 4.90 Å². The van der Waals surface area contributed by atoms with E-state index in [1.165, 1.54) is 12.3 Å². The number of ether oxygens (including phenoxy) is 1. The topological polar surface area (TPSA) is 45.7 Å². The number of hydrogen-bond donors (Lipinski definition) is 0. The SMILES string of the molecule is CC(C)(C)OC(=O)N1CC[C@@H]2CN(c3ccncc3C(F)(F)F)C[C@@H]2C1. The van der Waals surface area contributed by atoms with Crippen LogP contribution in [-0.2, 0) is 10.9 Å². The van der Waals surface area contributed by atoms with Gasteiger partial charge >= 0.3 is 12.3 Å². The Bertz CT molecular complexity index is 672. The Morgan fingerprint density at radius 2 is 1.88 bits per heavy atom. The number of alkyl halides is 3. The van der Waals surface area contributed by atoms with Crippen LogP contribution in [0.4, 0.5) is 23.7 Å². The normalized spacial score (nSPS) is 23.8. The van der Waals surface area contributed by atoms with Gasteiger partial charge in [-0.2, -0.15) is 13.2 Å². The molecule has 3 rings (SSSR count). The first kappa shape index (κ1) is 18.8. The van der Waals surface area contributed by atoms with Gasteiger partial charge in [0.25, 0.3) is 0 Å². The number of likely N-dealkylation sites (tertiary alicyclic amines) is 1. The number of pyridine rings is 1. The van der Waals surface area contributed by atoms with Crippen LogP contribution >= 0.6 is 0 Å². The van der Waals surface area contributed by atoms with Gasteiger partial charge in [0.15, 0.2) is 0 Å². The third kappa shape index (κ3) is 4.04. The number of halogens is 3. The van der Waals surface area contributed by atoms with E-state index in [-0.39, 0.29) is 23.6 Å². The molecule has 2 fully saturated rings. The fourth-order valence-electron chi connectivity index (χ4n) is 3.74. The van der Waals surface area contributed by atoms with Crippen LogP contribution in [0.5, 0.6) is 0 Å². The fraction of sp³-hybridized carbons (Fsp3) is 0.667. The molecule has 26 heavy (non-hydrogen) atoms. The lowest BCUT2D eigenvalue weighted by Crippen LogP contribution is -2.45. The monoisotopic (exact) mass is 371 g/mol. The fourth-order valence-corrected chi connectivity index (χ4v) is 3.74. The van der Waals surface area contributed by atoms with E-state index >= 15 is 0 Å². The summed E-state index contributed by atoms with van der Waals surface area (Å²) in [6, 6.07) is 1.42. The Labute approximate surface area is 151 Å². The predicted octanol–water partition coefficient (Wildman–Crippen LogP) is 3.79. The molecule has 2 aliphatic heterocycles. The van der Waals surface area contributed by atoms with Crippen molar-refractivity contribution in [3.63, 3.8) is 0 Å². The van der Waals surface area contributed by atoms with Gasteiger partial charge < -0.3 is 14.5 Å². The molecule has 0 radical (unpaired) electrons. The molecule has 2 atom stereocenters. The lowest BCUT2D eigenvalue weighted by molar-refractivity contribution is -0.137. The number of amides is 1. The molecule has 2 aliphatic rings. The van der Waals surface area contributed by atoms with E-state index in [1.807, 2.05) is 20.8 Å². The zero-order chi connectivity index (χ0) is 19.1. The number of rotatable bonds is 1. The number of hydrogen-bond acceptors (Lipinski definition) is 4. The van der Waals surface area contributed by atoms with Gasteiger partial charge in [-0.05, 0) is 45.1 Å². The highest BCUT2D eigenvalue weighted by Gasteiger charge is 2.42. The molecule has 0 aromatic carbocycles. The minimum absolute atomic E-state index is 0.144. The van der Waals surface area contributed by atoms with Gasteiger partial charge in [0.2, 0.25) is 0 Å². The molecule has 0 aliphatic carbocycles. The number of carbonyl (C=O) groups excluding carboxylic acids is 1. The maximum atomic E-state index is 13.3. The van der Waals surface area contributed by atoms with Crippen molar-refractivity contribution in [3.8, 4) is 0 Å². The van der Waals surface area contributed by atoms with E-state index in [0.29, 0.717) is 26.2 Å². The molecule has 8 heteroatoms. The van der Waals surface area contributed by atoms with E-state index in [4.69, 9.17) is 4.74 Å². The van der Waals surface area contributed by atoms with E-state index < -0.39 is 17.3 Å². The third-order valence-corrected chi connectivity index (χ3v) is 4.90. The first-order valence-corrected chi connectivity index (χ1v) is 8.78. The Balaban J connectivity index is 1.71. The Morgan fingerprint density at radius 3 is 2.54 bits per heavy atom. The van der Waals surface area contributed by atoms with Gasteiger partial charge in [0.05, 0.1) is 11.3 Å². The van der Waals surface area contributed by atoms with Crippen molar-refractivity contribution in [1.82, 2.24) is 9.88 Å². The van der Waals surface area contributed by atoms with E-state index in [2.05, 4.69) is 4.98 Å². The maximum absolute atomic E-state index is 13.3. The standard InChI is InChI=1S/C18H24F3N3O2/c1-17(2,3)26-16(25)23-7-5-12-9-24(11-13(12)10-23)15-4-6-22-8-14(15)18(19,20)21/h4,6,8,12-13H,5,7,9-11H2,1-3H3/t12-,13+/m1/s1. The molecule has 0 unspecified atom stereocenters. The number of aromatic nitrogens is 1. The summed E-state index contributed by atoms with van der Waals surface area (Å²) >= 11 is 0. The molecule has 1 aromatic rings. The summed E-state index contributed by atoms with van der Waals surface area (Å²) in [7, 11) is 0. The molecule has 3 heterocycles. The van der Waals surface area contributed by atoms with Crippen LogP contribution in [0.25, 0.3) is 0 Å². The van der Waals surface area contributed by atoms with Gasteiger partial charge in [-0.25, -0.2) is 4.79 Å². The van der Waals surface area contributed by atoms with Gasteiger partial charge in [0, 0.05) is 38.6 Å². The maximum Gasteiger partial charge on any atom is 0.419 e. The highest BCUT2D eigenvalue weighted by molar-refractivity contribution is 5.68. The van der Waals surface area contributed by atoms with Crippen LogP contribution in [0, 0.1) is 11.8 Å². The summed E-state index contributed by atoms with van der Waals surface area (Å²) < 4.78 is 45.2. The summed E-state index contributed by atoms with van der Waals surface area (Å²) in [5.74, 6) is 0.424. The molecule has 2 saturated heterocycles. The second kappa shape index (κ2) is 6.63. The minimum atomic E-state index is -4.43. The van der Waals surface area contributed by atoms with Crippen LogP contribution in [0.2, 0.25) is 0 Å². The summed E-state index contributed by atoms with van der Waals surface area (Å²) in [5.41, 5.74) is -1.10. The number of fused-ring (bicyclic) bond motifs is 1. The second-order valence-corrected chi connectivity index (χ2v) is 8.03. The average Bonchev–Trinajstić information content (AvgIpc) is 2.95. The highest BCUT2D eigenvalue weighted by Crippen LogP contribution is 2.40. The summed E-state index contributed by atoms with van der Waals surface area (Å²) in [6.07, 6.45) is -1.74. The third-order valence-electron chi connectivity index (χ3n) is 4.90. The Kier molecular flexibility index (Phi) is 4.79. The first-order chi connectivity index (χ1) is 12.0. The minimum Gasteiger partial charge on any atom is -0.444 e. The molecular formula is C18H24F3N3O2. The van der Waals surface area contributed by atoms with E-state index in [0.717, 1.165) is 12.6 Å². The van der Waals surface area contributed by atoms with Crippen molar-refractivity contribution in [2.24, 2.45) is 11.8 Å². The Hall–Kier alpha value is -1.99.